The van der Waals surface area contributed by atoms with Gasteiger partial charge in [-0.3, -0.25) is 4.79 Å². The van der Waals surface area contributed by atoms with Crippen molar-refractivity contribution in [2.45, 2.75) is 18.4 Å². The molecule has 1 heterocycles. The number of piperazine rings is 1. The van der Waals surface area contributed by atoms with Crippen LogP contribution >= 0.6 is 36.4 Å². The van der Waals surface area contributed by atoms with E-state index < -0.39 is 0 Å². The molecule has 1 N–H and O–H groups in total. The van der Waals surface area contributed by atoms with Gasteiger partial charge in [-0.25, -0.2) is 0 Å². The Morgan fingerprint density at radius 3 is 2.38 bits per heavy atom. The number of carbonyl (C=O) groups is 1. The Morgan fingerprint density at radius 1 is 1.03 bits per heavy atom. The van der Waals surface area contributed by atoms with Crippen molar-refractivity contribution in [1.82, 2.24) is 15.1 Å². The van der Waals surface area contributed by atoms with Crippen LogP contribution in [0, 0.1) is 0 Å². The van der Waals surface area contributed by atoms with Gasteiger partial charge in [-0.05, 0) is 42.3 Å². The lowest BCUT2D eigenvalue weighted by Crippen LogP contribution is -2.49. The summed E-state index contributed by atoms with van der Waals surface area (Å²) in [4.78, 5) is 16.6. The van der Waals surface area contributed by atoms with Gasteiger partial charge in [-0.2, -0.15) is 0 Å². The van der Waals surface area contributed by atoms with Crippen molar-refractivity contribution in [2.75, 3.05) is 39.8 Å². The zero-order chi connectivity index (χ0) is 18.8. The van der Waals surface area contributed by atoms with Gasteiger partial charge in [0.05, 0.1) is 6.54 Å². The molecule has 29 heavy (non-hydrogen) atoms. The molecule has 158 valence electrons. The molecule has 2 fully saturated rings. The maximum absolute atomic E-state index is 12.3. The molecule has 1 unspecified atom stereocenters. The molecule has 1 aliphatic carbocycles. The van der Waals surface area contributed by atoms with Crippen LogP contribution in [-0.2, 0) is 4.79 Å². The molecule has 2 aromatic carbocycles. The summed E-state index contributed by atoms with van der Waals surface area (Å²) < 4.78 is 0. The van der Waals surface area contributed by atoms with Gasteiger partial charge in [-0.1, -0.05) is 48.0 Å². The van der Waals surface area contributed by atoms with E-state index in [0.29, 0.717) is 18.5 Å². The highest BCUT2D eigenvalue weighted by Crippen LogP contribution is 2.41. The summed E-state index contributed by atoms with van der Waals surface area (Å²) >= 11 is 6.09. The zero-order valence-corrected chi connectivity index (χ0v) is 18.9. The minimum absolute atomic E-state index is 0. The molecule has 1 aliphatic heterocycles. The molecule has 0 aromatic heterocycles. The van der Waals surface area contributed by atoms with Crippen LogP contribution in [0.5, 0.6) is 0 Å². The second-order valence-corrected chi connectivity index (χ2v) is 8.08. The molecule has 1 amide bonds. The van der Waals surface area contributed by atoms with Gasteiger partial charge >= 0.3 is 0 Å². The van der Waals surface area contributed by atoms with Crippen molar-refractivity contribution in [3.63, 3.8) is 0 Å². The first kappa shape index (κ1) is 24.0. The number of carbonyl (C=O) groups excluding carboxylic acids is 1. The van der Waals surface area contributed by atoms with Crippen LogP contribution < -0.4 is 5.32 Å². The van der Waals surface area contributed by atoms with E-state index in [4.69, 9.17) is 11.6 Å². The SMILES string of the molecule is CN1CCN(C(=O)CN[C@H]2CC2c2ccc(-c3cccc(Cl)c3)cc2)CC1.Cl.Cl. The van der Waals surface area contributed by atoms with Crippen molar-refractivity contribution in [3.05, 3.63) is 59.1 Å². The van der Waals surface area contributed by atoms with E-state index in [2.05, 4.69) is 47.6 Å². The van der Waals surface area contributed by atoms with Crippen LogP contribution in [0.15, 0.2) is 48.5 Å². The van der Waals surface area contributed by atoms with E-state index in [0.717, 1.165) is 43.2 Å². The summed E-state index contributed by atoms with van der Waals surface area (Å²) in [6.45, 7) is 4.07. The highest BCUT2D eigenvalue weighted by Gasteiger charge is 2.38. The molecule has 4 nitrogen and oxygen atoms in total. The van der Waals surface area contributed by atoms with E-state index in [-0.39, 0.29) is 30.7 Å². The average Bonchev–Trinajstić information content (AvgIpc) is 3.46. The van der Waals surface area contributed by atoms with Gasteiger partial charge in [0, 0.05) is 43.2 Å². The molecule has 4 rings (SSSR count). The van der Waals surface area contributed by atoms with Crippen molar-refractivity contribution < 1.29 is 4.79 Å². The summed E-state index contributed by atoms with van der Waals surface area (Å²) in [6, 6.07) is 17.1. The number of hydrogen-bond donors (Lipinski definition) is 1. The molecule has 1 saturated heterocycles. The summed E-state index contributed by atoms with van der Waals surface area (Å²) in [6.07, 6.45) is 1.10. The fourth-order valence-electron chi connectivity index (χ4n) is 3.77. The number of likely N-dealkylation sites (N-methyl/N-ethyl adjacent to an activating group) is 1. The molecule has 0 bridgehead atoms. The van der Waals surface area contributed by atoms with E-state index in [9.17, 15) is 4.79 Å². The topological polar surface area (TPSA) is 35.6 Å². The van der Waals surface area contributed by atoms with Gasteiger partial charge in [-0.15, -0.1) is 24.8 Å². The minimum Gasteiger partial charge on any atom is -0.339 e. The highest BCUT2D eigenvalue weighted by molar-refractivity contribution is 6.30. The van der Waals surface area contributed by atoms with Crippen molar-refractivity contribution in [2.24, 2.45) is 0 Å². The fraction of sp³-hybridized carbons (Fsp3) is 0.409. The molecular formula is C22H28Cl3N3O. The number of hydrogen-bond acceptors (Lipinski definition) is 3. The molecule has 2 atom stereocenters. The maximum atomic E-state index is 12.3. The Bertz CT molecular complexity index is 807. The maximum Gasteiger partial charge on any atom is 0.236 e. The Balaban J connectivity index is 0.00000150. The summed E-state index contributed by atoms with van der Waals surface area (Å²) in [5.41, 5.74) is 3.65. The lowest BCUT2D eigenvalue weighted by atomic mass is 10.0. The smallest absolute Gasteiger partial charge is 0.236 e. The van der Waals surface area contributed by atoms with Crippen LogP contribution in [0.3, 0.4) is 0 Å². The van der Waals surface area contributed by atoms with E-state index in [1.165, 1.54) is 11.1 Å². The van der Waals surface area contributed by atoms with Crippen LogP contribution in [0.25, 0.3) is 11.1 Å². The second-order valence-electron chi connectivity index (χ2n) is 7.65. The van der Waals surface area contributed by atoms with Crippen LogP contribution in [0.4, 0.5) is 0 Å². The van der Waals surface area contributed by atoms with E-state index in [1.54, 1.807) is 0 Å². The highest BCUT2D eigenvalue weighted by atomic mass is 35.5. The van der Waals surface area contributed by atoms with Gasteiger partial charge in [0.2, 0.25) is 5.91 Å². The van der Waals surface area contributed by atoms with Crippen molar-refractivity contribution in [3.8, 4) is 11.1 Å². The number of benzene rings is 2. The fourth-order valence-corrected chi connectivity index (χ4v) is 3.96. The monoisotopic (exact) mass is 455 g/mol. The molecule has 2 aromatic rings. The Labute approximate surface area is 190 Å². The van der Waals surface area contributed by atoms with Crippen molar-refractivity contribution >= 4 is 42.3 Å². The quantitative estimate of drug-likeness (QED) is 0.737. The lowest BCUT2D eigenvalue weighted by Gasteiger charge is -2.32. The lowest BCUT2D eigenvalue weighted by molar-refractivity contribution is -0.131. The number of halogens is 3. The Kier molecular flexibility index (Phi) is 8.80. The van der Waals surface area contributed by atoms with Crippen LogP contribution in [-0.4, -0.2) is 61.5 Å². The molecule has 0 radical (unpaired) electrons. The van der Waals surface area contributed by atoms with E-state index >= 15 is 0 Å². The molecule has 0 spiro atoms. The molecule has 2 aliphatic rings. The summed E-state index contributed by atoms with van der Waals surface area (Å²) in [5, 5.41) is 4.20. The van der Waals surface area contributed by atoms with Crippen LogP contribution in [0.1, 0.15) is 17.9 Å². The predicted octanol–water partition coefficient (Wildman–Crippen LogP) is 4.07. The number of nitrogens with one attached hydrogen (secondary N) is 1. The summed E-state index contributed by atoms with van der Waals surface area (Å²) in [7, 11) is 2.10. The van der Waals surface area contributed by atoms with E-state index in [1.807, 2.05) is 23.1 Å². The van der Waals surface area contributed by atoms with Gasteiger partial charge in [0.1, 0.15) is 0 Å². The first-order valence-corrected chi connectivity index (χ1v) is 10.0. The Morgan fingerprint density at radius 2 is 1.72 bits per heavy atom. The third-order valence-corrected chi connectivity index (χ3v) is 5.89. The number of nitrogens with zero attached hydrogens (tertiary/aromatic N) is 2. The zero-order valence-electron chi connectivity index (χ0n) is 16.5. The predicted molar refractivity (Wildman–Crippen MR) is 125 cm³/mol. The third-order valence-electron chi connectivity index (χ3n) is 5.66. The third kappa shape index (κ3) is 6.09. The average molecular weight is 457 g/mol. The number of rotatable bonds is 5. The Hall–Kier alpha value is -1.30. The van der Waals surface area contributed by atoms with Gasteiger partial charge < -0.3 is 15.1 Å². The summed E-state index contributed by atoms with van der Waals surface area (Å²) in [5.74, 6) is 0.740. The normalized spacial score (nSPS) is 21.1. The molecular weight excluding hydrogens is 429 g/mol. The minimum atomic E-state index is 0. The first-order chi connectivity index (χ1) is 13.1. The molecule has 1 saturated carbocycles. The largest absolute Gasteiger partial charge is 0.339 e. The van der Waals surface area contributed by atoms with Gasteiger partial charge in [0.15, 0.2) is 0 Å². The van der Waals surface area contributed by atoms with Crippen LogP contribution in [0.2, 0.25) is 5.02 Å². The van der Waals surface area contributed by atoms with Gasteiger partial charge in [0.25, 0.3) is 0 Å². The van der Waals surface area contributed by atoms with Crippen molar-refractivity contribution in [1.29, 1.82) is 0 Å². The second kappa shape index (κ2) is 10.6. The standard InChI is InChI=1S/C22H26ClN3O.2ClH/c1-25-9-11-26(12-10-25)22(27)15-24-21-14-20(21)17-7-5-16(6-8-17)18-3-2-4-19(23)13-18;;/h2-8,13,20-21,24H,9-12,14-15H2,1H3;2*1H/t20?,21-;;/m0../s1. The number of amides is 1. The first-order valence-electron chi connectivity index (χ1n) is 9.66. The molecule has 7 heteroatoms.